The molecule has 3 rings (SSSR count). The molecule has 1 aliphatic carbocycles. The Kier molecular flexibility index (Phi) is 3.52. The number of benzene rings is 1. The smallest absolute Gasteiger partial charge is 0.311 e. The Morgan fingerprint density at radius 1 is 1.45 bits per heavy atom. The first-order valence-corrected chi connectivity index (χ1v) is 8.72. The largest absolute Gasteiger partial charge is 0.481 e. The molecule has 1 saturated carbocycles. The van der Waals surface area contributed by atoms with Crippen LogP contribution in [0.5, 0.6) is 0 Å². The van der Waals surface area contributed by atoms with Crippen molar-refractivity contribution in [3.8, 4) is 0 Å². The lowest BCUT2D eigenvalue weighted by molar-refractivity contribution is -0.149. The molecule has 120 valence electrons. The van der Waals surface area contributed by atoms with E-state index in [1.54, 1.807) is 0 Å². The Bertz CT molecular complexity index is 733. The number of sulfonamides is 1. The van der Waals surface area contributed by atoms with Crippen LogP contribution in [0, 0.1) is 24.1 Å². The minimum atomic E-state index is -4.01. The number of aliphatic carboxylic acids is 1. The number of nitrogens with zero attached hydrogens (tertiary/aromatic N) is 1. The van der Waals surface area contributed by atoms with Crippen LogP contribution in [0.15, 0.2) is 23.1 Å². The summed E-state index contributed by atoms with van der Waals surface area (Å²) in [6.07, 6.45) is 1.98. The van der Waals surface area contributed by atoms with Crippen LogP contribution < -0.4 is 0 Å². The molecule has 22 heavy (non-hydrogen) atoms. The van der Waals surface area contributed by atoms with Gasteiger partial charge in [0.15, 0.2) is 0 Å². The third-order valence-electron chi connectivity index (χ3n) is 5.04. The lowest BCUT2D eigenvalue weighted by atomic mass is 9.81. The van der Waals surface area contributed by atoms with E-state index in [1.165, 1.54) is 25.1 Å². The Labute approximate surface area is 128 Å². The van der Waals surface area contributed by atoms with Crippen molar-refractivity contribution < 1.29 is 22.7 Å². The van der Waals surface area contributed by atoms with Gasteiger partial charge in [0.05, 0.1) is 5.41 Å². The van der Waals surface area contributed by atoms with Gasteiger partial charge in [0.1, 0.15) is 10.7 Å². The molecule has 1 heterocycles. The van der Waals surface area contributed by atoms with Crippen molar-refractivity contribution in [2.45, 2.75) is 31.1 Å². The van der Waals surface area contributed by atoms with E-state index in [2.05, 4.69) is 0 Å². The second-order valence-corrected chi connectivity index (χ2v) is 8.14. The molecule has 2 fully saturated rings. The fourth-order valence-electron chi connectivity index (χ4n) is 3.73. The molecular formula is C15H18FNO4S. The second-order valence-electron chi connectivity index (χ2n) is 6.24. The van der Waals surface area contributed by atoms with Crippen LogP contribution in [-0.4, -0.2) is 36.9 Å². The first kappa shape index (κ1) is 15.4. The topological polar surface area (TPSA) is 74.7 Å². The molecule has 1 aliphatic heterocycles. The van der Waals surface area contributed by atoms with Gasteiger partial charge in [0.25, 0.3) is 0 Å². The number of rotatable bonds is 3. The molecule has 1 aromatic carbocycles. The zero-order valence-corrected chi connectivity index (χ0v) is 13.1. The number of halogens is 1. The molecule has 0 unspecified atom stereocenters. The Hall–Kier alpha value is -1.47. The van der Waals surface area contributed by atoms with E-state index in [-0.39, 0.29) is 29.5 Å². The van der Waals surface area contributed by atoms with Gasteiger partial charge in [-0.15, -0.1) is 0 Å². The minimum Gasteiger partial charge on any atom is -0.481 e. The third-order valence-corrected chi connectivity index (χ3v) is 6.87. The summed E-state index contributed by atoms with van der Waals surface area (Å²) >= 11 is 0. The Morgan fingerprint density at radius 2 is 2.18 bits per heavy atom. The van der Waals surface area contributed by atoms with Crippen LogP contribution in [0.25, 0.3) is 0 Å². The predicted molar refractivity (Wildman–Crippen MR) is 77.3 cm³/mol. The molecule has 2 aliphatic rings. The summed E-state index contributed by atoms with van der Waals surface area (Å²) in [4.78, 5) is 11.3. The van der Waals surface area contributed by atoms with Crippen molar-refractivity contribution in [2.24, 2.45) is 11.3 Å². The number of hydrogen-bond acceptors (Lipinski definition) is 3. The number of hydrogen-bond donors (Lipinski definition) is 1. The summed E-state index contributed by atoms with van der Waals surface area (Å²) in [6.45, 7) is 1.59. The first-order chi connectivity index (χ1) is 10.3. The van der Waals surface area contributed by atoms with Crippen LogP contribution in [-0.2, 0) is 14.8 Å². The van der Waals surface area contributed by atoms with Crippen molar-refractivity contribution in [3.05, 3.63) is 29.6 Å². The molecule has 7 heteroatoms. The molecule has 0 aromatic heterocycles. The van der Waals surface area contributed by atoms with Gasteiger partial charge in [0, 0.05) is 13.1 Å². The quantitative estimate of drug-likeness (QED) is 0.921. The lowest BCUT2D eigenvalue weighted by Gasteiger charge is -2.23. The van der Waals surface area contributed by atoms with E-state index in [1.807, 2.05) is 0 Å². The SMILES string of the molecule is Cc1cccc(S(=O)(=O)N2C[C@@H]3CCC[C@@]3(C(=O)O)C2)c1F. The standard InChI is InChI=1S/C15H18FNO4S/c1-10-4-2-6-12(13(10)16)22(20,21)17-8-11-5-3-7-15(11,9-17)14(18)19/h2,4,6,11H,3,5,7-9H2,1H3,(H,18,19)/t11-,15+/m0/s1. The summed E-state index contributed by atoms with van der Waals surface area (Å²) < 4.78 is 40.7. The molecule has 0 spiro atoms. The van der Waals surface area contributed by atoms with E-state index in [0.717, 1.165) is 10.7 Å². The maximum absolute atomic E-state index is 14.2. The molecule has 0 amide bonds. The van der Waals surface area contributed by atoms with Gasteiger partial charge in [-0.25, -0.2) is 12.8 Å². The van der Waals surface area contributed by atoms with Gasteiger partial charge in [-0.1, -0.05) is 18.6 Å². The molecular weight excluding hydrogens is 309 g/mol. The first-order valence-electron chi connectivity index (χ1n) is 7.28. The fourth-order valence-corrected chi connectivity index (χ4v) is 5.43. The molecule has 1 N–H and O–H groups in total. The van der Waals surface area contributed by atoms with E-state index in [4.69, 9.17) is 0 Å². The molecule has 1 saturated heterocycles. The van der Waals surface area contributed by atoms with Crippen molar-refractivity contribution in [1.82, 2.24) is 4.31 Å². The highest BCUT2D eigenvalue weighted by molar-refractivity contribution is 7.89. The maximum atomic E-state index is 14.2. The van der Waals surface area contributed by atoms with E-state index >= 15 is 0 Å². The van der Waals surface area contributed by atoms with Crippen LogP contribution in [0.4, 0.5) is 4.39 Å². The molecule has 0 bridgehead atoms. The maximum Gasteiger partial charge on any atom is 0.311 e. The summed E-state index contributed by atoms with van der Waals surface area (Å²) in [6, 6.07) is 4.24. The minimum absolute atomic E-state index is 0.0668. The lowest BCUT2D eigenvalue weighted by Crippen LogP contribution is -2.37. The van der Waals surface area contributed by atoms with Gasteiger partial charge in [-0.05, 0) is 37.3 Å². The highest BCUT2D eigenvalue weighted by Gasteiger charge is 2.57. The van der Waals surface area contributed by atoms with Gasteiger partial charge in [0.2, 0.25) is 10.0 Å². The average Bonchev–Trinajstić information content (AvgIpc) is 2.99. The fraction of sp³-hybridized carbons (Fsp3) is 0.533. The molecule has 2 atom stereocenters. The normalized spacial score (nSPS) is 28.7. The number of carbonyl (C=O) groups is 1. The summed E-state index contributed by atoms with van der Waals surface area (Å²) in [5.74, 6) is -1.89. The van der Waals surface area contributed by atoms with Crippen molar-refractivity contribution in [3.63, 3.8) is 0 Å². The number of aryl methyl sites for hydroxylation is 1. The number of carboxylic acids is 1. The molecule has 1 aromatic rings. The zero-order valence-electron chi connectivity index (χ0n) is 12.3. The van der Waals surface area contributed by atoms with Crippen molar-refractivity contribution >= 4 is 16.0 Å². The third kappa shape index (κ3) is 2.06. The van der Waals surface area contributed by atoms with Gasteiger partial charge < -0.3 is 5.11 Å². The van der Waals surface area contributed by atoms with E-state index in [0.29, 0.717) is 12.8 Å². The number of fused-ring (bicyclic) bond motifs is 1. The predicted octanol–water partition coefficient (Wildman–Crippen LogP) is 2.01. The average molecular weight is 327 g/mol. The zero-order chi connectivity index (χ0) is 16.1. The van der Waals surface area contributed by atoms with Crippen molar-refractivity contribution in [2.75, 3.05) is 13.1 Å². The summed E-state index contributed by atoms with van der Waals surface area (Å²) in [5, 5.41) is 9.53. The van der Waals surface area contributed by atoms with Crippen LogP contribution in [0.2, 0.25) is 0 Å². The van der Waals surface area contributed by atoms with E-state index in [9.17, 15) is 22.7 Å². The summed E-state index contributed by atoms with van der Waals surface area (Å²) in [5.41, 5.74) is -0.749. The van der Waals surface area contributed by atoms with Crippen LogP contribution in [0.3, 0.4) is 0 Å². The second kappa shape index (κ2) is 5.03. The van der Waals surface area contributed by atoms with Crippen molar-refractivity contribution in [1.29, 1.82) is 0 Å². The van der Waals surface area contributed by atoms with Gasteiger partial charge >= 0.3 is 5.97 Å². The summed E-state index contributed by atoms with van der Waals surface area (Å²) in [7, 11) is -4.01. The highest BCUT2D eigenvalue weighted by Crippen LogP contribution is 2.50. The van der Waals surface area contributed by atoms with Gasteiger partial charge in [-0.3, -0.25) is 4.79 Å². The van der Waals surface area contributed by atoms with Gasteiger partial charge in [-0.2, -0.15) is 4.31 Å². The monoisotopic (exact) mass is 327 g/mol. The Morgan fingerprint density at radius 3 is 2.82 bits per heavy atom. The Balaban J connectivity index is 1.99. The van der Waals surface area contributed by atoms with E-state index < -0.39 is 27.2 Å². The molecule has 0 radical (unpaired) electrons. The highest BCUT2D eigenvalue weighted by atomic mass is 32.2. The molecule has 5 nitrogen and oxygen atoms in total. The van der Waals surface area contributed by atoms with Crippen LogP contribution in [0.1, 0.15) is 24.8 Å². The number of carboxylic acid groups (broad SMARTS) is 1. The van der Waals surface area contributed by atoms with Crippen LogP contribution >= 0.6 is 0 Å².